The summed E-state index contributed by atoms with van der Waals surface area (Å²) in [7, 11) is -2.89. The Bertz CT molecular complexity index is 340. The van der Waals surface area contributed by atoms with Crippen molar-refractivity contribution in [2.45, 2.75) is 64.0 Å². The van der Waals surface area contributed by atoms with Gasteiger partial charge >= 0.3 is 0 Å². The predicted molar refractivity (Wildman–Crippen MR) is 69.7 cm³/mol. The highest BCUT2D eigenvalue weighted by Gasteiger charge is 2.23. The Morgan fingerprint density at radius 1 is 1.18 bits per heavy atom. The summed E-state index contributed by atoms with van der Waals surface area (Å²) in [5, 5.41) is -0.279. The summed E-state index contributed by atoms with van der Waals surface area (Å²) in [5.41, 5.74) is 0. The van der Waals surface area contributed by atoms with E-state index in [4.69, 9.17) is 0 Å². The van der Waals surface area contributed by atoms with Crippen molar-refractivity contribution in [1.82, 2.24) is 0 Å². The van der Waals surface area contributed by atoms with Crippen molar-refractivity contribution >= 4 is 15.6 Å². The van der Waals surface area contributed by atoms with E-state index in [0.29, 0.717) is 24.5 Å². The molecule has 1 aliphatic rings. The number of unbranched alkanes of at least 4 members (excludes halogenated alkanes) is 2. The second kappa shape index (κ2) is 6.53. The zero-order valence-electron chi connectivity index (χ0n) is 10.9. The third-order valence-electron chi connectivity index (χ3n) is 3.32. The van der Waals surface area contributed by atoms with E-state index < -0.39 is 9.84 Å². The maximum absolute atomic E-state index is 11.5. The molecule has 0 aromatic carbocycles. The Hall–Kier alpha value is -0.380. The van der Waals surface area contributed by atoms with Crippen molar-refractivity contribution in [2.75, 3.05) is 5.75 Å². The molecule has 17 heavy (non-hydrogen) atoms. The fraction of sp³-hybridized carbons (Fsp3) is 0.923. The van der Waals surface area contributed by atoms with Gasteiger partial charge < -0.3 is 0 Å². The van der Waals surface area contributed by atoms with Crippen LogP contribution in [0.15, 0.2) is 0 Å². The molecular weight excluding hydrogens is 236 g/mol. The minimum atomic E-state index is -2.89. The van der Waals surface area contributed by atoms with Crippen molar-refractivity contribution in [3.8, 4) is 0 Å². The lowest BCUT2D eigenvalue weighted by molar-refractivity contribution is -0.119. The van der Waals surface area contributed by atoms with Gasteiger partial charge in [-0.2, -0.15) is 0 Å². The van der Waals surface area contributed by atoms with E-state index in [1.165, 1.54) is 12.8 Å². The van der Waals surface area contributed by atoms with Gasteiger partial charge in [-0.3, -0.25) is 4.79 Å². The summed E-state index contributed by atoms with van der Waals surface area (Å²) in [6, 6.07) is 0. The Morgan fingerprint density at radius 3 is 2.35 bits per heavy atom. The van der Waals surface area contributed by atoms with Gasteiger partial charge in [0.25, 0.3) is 0 Å². The molecule has 0 N–H and O–H groups in total. The van der Waals surface area contributed by atoms with E-state index in [9.17, 15) is 13.2 Å². The Kier molecular flexibility index (Phi) is 5.63. The molecule has 0 aliphatic heterocycles. The molecule has 0 aromatic rings. The lowest BCUT2D eigenvalue weighted by Gasteiger charge is -2.06. The second-order valence-electron chi connectivity index (χ2n) is 5.41. The van der Waals surface area contributed by atoms with E-state index in [0.717, 1.165) is 19.3 Å². The van der Waals surface area contributed by atoms with Crippen LogP contribution in [0.1, 0.15) is 58.8 Å². The molecule has 0 atom stereocenters. The van der Waals surface area contributed by atoms with Gasteiger partial charge in [-0.1, -0.05) is 6.42 Å². The standard InChI is InChI=1S/C13H24O3S/c1-11(2)17(15,16)9-5-3-4-6-13(14)10-12-7-8-12/h11-12H,3-10H2,1-2H3. The average molecular weight is 260 g/mol. The number of sulfone groups is 1. The zero-order chi connectivity index (χ0) is 12.9. The average Bonchev–Trinajstić information content (AvgIpc) is 3.00. The van der Waals surface area contributed by atoms with Crippen LogP contribution in [-0.2, 0) is 14.6 Å². The Labute approximate surface area is 105 Å². The van der Waals surface area contributed by atoms with E-state index in [1.807, 2.05) is 0 Å². The first-order valence-corrected chi connectivity index (χ1v) is 8.36. The molecule has 1 fully saturated rings. The minimum absolute atomic E-state index is 0.265. The van der Waals surface area contributed by atoms with Crippen LogP contribution in [-0.4, -0.2) is 25.2 Å². The molecule has 0 amide bonds. The third kappa shape index (κ3) is 6.20. The fourth-order valence-corrected chi connectivity index (χ4v) is 2.86. The van der Waals surface area contributed by atoms with Crippen molar-refractivity contribution in [3.63, 3.8) is 0 Å². The van der Waals surface area contributed by atoms with Crippen molar-refractivity contribution in [2.24, 2.45) is 5.92 Å². The molecule has 0 radical (unpaired) electrons. The number of hydrogen-bond acceptors (Lipinski definition) is 3. The number of hydrogen-bond donors (Lipinski definition) is 0. The van der Waals surface area contributed by atoms with Gasteiger partial charge in [0, 0.05) is 12.8 Å². The molecule has 3 nitrogen and oxygen atoms in total. The second-order valence-corrected chi connectivity index (χ2v) is 8.09. The summed E-state index contributed by atoms with van der Waals surface area (Å²) in [5.74, 6) is 1.30. The molecule has 1 aliphatic carbocycles. The van der Waals surface area contributed by atoms with Crippen molar-refractivity contribution < 1.29 is 13.2 Å². The molecule has 1 saturated carbocycles. The summed E-state index contributed by atoms with van der Waals surface area (Å²) >= 11 is 0. The number of ketones is 1. The monoisotopic (exact) mass is 260 g/mol. The number of Topliss-reactive ketones (excluding diaryl/α,β-unsaturated/α-hetero) is 1. The third-order valence-corrected chi connectivity index (χ3v) is 5.61. The SMILES string of the molecule is CC(C)S(=O)(=O)CCCCCC(=O)CC1CC1. The Morgan fingerprint density at radius 2 is 1.82 bits per heavy atom. The molecule has 100 valence electrons. The largest absolute Gasteiger partial charge is 0.300 e. The van der Waals surface area contributed by atoms with Gasteiger partial charge in [0.1, 0.15) is 5.78 Å². The predicted octanol–water partition coefficient (Wildman–Crippen LogP) is 2.74. The van der Waals surface area contributed by atoms with Crippen LogP contribution in [0.2, 0.25) is 0 Å². The summed E-state index contributed by atoms with van der Waals surface area (Å²) in [6.07, 6.45) is 6.22. The van der Waals surface area contributed by atoms with Crippen LogP contribution in [0.4, 0.5) is 0 Å². The maximum Gasteiger partial charge on any atom is 0.152 e. The number of carbonyl (C=O) groups excluding carboxylic acids is 1. The van der Waals surface area contributed by atoms with E-state index in [2.05, 4.69) is 0 Å². The first kappa shape index (κ1) is 14.7. The van der Waals surface area contributed by atoms with Gasteiger partial charge in [-0.05, 0) is 45.4 Å². The molecule has 0 aromatic heterocycles. The molecule has 0 spiro atoms. The fourth-order valence-electron chi connectivity index (χ4n) is 1.78. The lowest BCUT2D eigenvalue weighted by atomic mass is 10.1. The molecule has 0 unspecified atom stereocenters. The molecule has 0 saturated heterocycles. The normalized spacial score (nSPS) is 16.4. The van der Waals surface area contributed by atoms with E-state index in [1.54, 1.807) is 13.8 Å². The first-order chi connectivity index (χ1) is 7.92. The first-order valence-electron chi connectivity index (χ1n) is 6.65. The smallest absolute Gasteiger partial charge is 0.152 e. The van der Waals surface area contributed by atoms with E-state index in [-0.39, 0.29) is 11.0 Å². The van der Waals surface area contributed by atoms with Crippen LogP contribution in [0.5, 0.6) is 0 Å². The number of rotatable bonds is 9. The highest BCUT2D eigenvalue weighted by molar-refractivity contribution is 7.91. The highest BCUT2D eigenvalue weighted by Crippen LogP contribution is 2.33. The molecule has 4 heteroatoms. The van der Waals surface area contributed by atoms with Crippen molar-refractivity contribution in [3.05, 3.63) is 0 Å². The van der Waals surface area contributed by atoms with Gasteiger partial charge in [0.05, 0.1) is 11.0 Å². The van der Waals surface area contributed by atoms with Gasteiger partial charge in [-0.15, -0.1) is 0 Å². The van der Waals surface area contributed by atoms with Crippen LogP contribution in [0.25, 0.3) is 0 Å². The topological polar surface area (TPSA) is 51.2 Å². The van der Waals surface area contributed by atoms with Crippen LogP contribution in [0.3, 0.4) is 0 Å². The van der Waals surface area contributed by atoms with Crippen LogP contribution in [0, 0.1) is 5.92 Å². The Balaban J connectivity index is 2.02. The van der Waals surface area contributed by atoms with Crippen LogP contribution < -0.4 is 0 Å². The lowest BCUT2D eigenvalue weighted by Crippen LogP contribution is -2.17. The highest BCUT2D eigenvalue weighted by atomic mass is 32.2. The molecule has 1 rings (SSSR count). The van der Waals surface area contributed by atoms with E-state index >= 15 is 0 Å². The van der Waals surface area contributed by atoms with Gasteiger partial charge in [0.2, 0.25) is 0 Å². The quantitative estimate of drug-likeness (QED) is 0.599. The van der Waals surface area contributed by atoms with Gasteiger partial charge in [-0.25, -0.2) is 8.42 Å². The van der Waals surface area contributed by atoms with Crippen LogP contribution >= 0.6 is 0 Å². The molecular formula is C13H24O3S. The minimum Gasteiger partial charge on any atom is -0.300 e. The summed E-state index contributed by atoms with van der Waals surface area (Å²) in [4.78, 5) is 11.4. The molecule has 0 heterocycles. The maximum atomic E-state index is 11.5. The van der Waals surface area contributed by atoms with Crippen molar-refractivity contribution in [1.29, 1.82) is 0 Å². The summed E-state index contributed by atoms with van der Waals surface area (Å²) in [6.45, 7) is 3.43. The zero-order valence-corrected chi connectivity index (χ0v) is 11.8. The molecule has 0 bridgehead atoms. The van der Waals surface area contributed by atoms with Gasteiger partial charge in [0.15, 0.2) is 9.84 Å². The summed E-state index contributed by atoms with van der Waals surface area (Å²) < 4.78 is 23.0. The number of carbonyl (C=O) groups is 1.